The van der Waals surface area contributed by atoms with Crippen LogP contribution in [0.5, 0.6) is 0 Å². The van der Waals surface area contributed by atoms with E-state index in [1.165, 1.54) is 0 Å². The Labute approximate surface area is 87.6 Å². The molecule has 0 saturated carbocycles. The zero-order valence-electron chi connectivity index (χ0n) is 7.17. The van der Waals surface area contributed by atoms with Crippen LogP contribution < -0.4 is 0 Å². The van der Waals surface area contributed by atoms with E-state index in [0.717, 1.165) is 0 Å². The van der Waals surface area contributed by atoms with E-state index in [1.807, 2.05) is 6.92 Å². The summed E-state index contributed by atoms with van der Waals surface area (Å²) in [4.78, 5) is 0. The van der Waals surface area contributed by atoms with Crippen molar-refractivity contribution in [2.45, 2.75) is 13.0 Å². The van der Waals surface area contributed by atoms with E-state index >= 15 is 0 Å². The molecule has 0 heterocycles. The first kappa shape index (κ1) is 10.6. The molecule has 0 radical (unpaired) electrons. The van der Waals surface area contributed by atoms with Gasteiger partial charge in [0.1, 0.15) is 0 Å². The molecule has 0 fully saturated rings. The fourth-order valence-electron chi connectivity index (χ4n) is 1.03. The normalized spacial score (nSPS) is 13.5. The maximum Gasteiger partial charge on any atom is 0.0986 e. The number of allylic oxidation sites excluding steroid dienone is 1. The van der Waals surface area contributed by atoms with E-state index in [-0.39, 0.29) is 0 Å². The first-order valence-electron chi connectivity index (χ1n) is 3.91. The fourth-order valence-corrected chi connectivity index (χ4v) is 1.45. The van der Waals surface area contributed by atoms with Crippen molar-refractivity contribution >= 4 is 23.2 Å². The molecule has 0 spiro atoms. The molecule has 0 amide bonds. The number of aliphatic hydroxyl groups excluding tert-OH is 1. The first-order chi connectivity index (χ1) is 6.16. The van der Waals surface area contributed by atoms with Crippen LogP contribution in [0.2, 0.25) is 10.0 Å². The Morgan fingerprint density at radius 2 is 2.08 bits per heavy atom. The average Bonchev–Trinajstić information content (AvgIpc) is 2.10. The molecule has 0 aliphatic rings. The Balaban J connectivity index is 3.07. The van der Waals surface area contributed by atoms with E-state index in [1.54, 1.807) is 30.4 Å². The fraction of sp³-hybridized carbons (Fsp3) is 0.200. The molecule has 1 unspecified atom stereocenters. The lowest BCUT2D eigenvalue weighted by Gasteiger charge is -2.08. The standard InChI is InChI=1S/C10H10Cl2O/c1-2-4-9(13)7-5-3-6-8(11)10(7)12/h2-6,9,13H,1H3/b4-2+. The Hall–Kier alpha value is -0.500. The van der Waals surface area contributed by atoms with Crippen LogP contribution in [-0.2, 0) is 0 Å². The van der Waals surface area contributed by atoms with Crippen molar-refractivity contribution in [1.29, 1.82) is 0 Å². The van der Waals surface area contributed by atoms with Crippen molar-refractivity contribution in [2.24, 2.45) is 0 Å². The summed E-state index contributed by atoms with van der Waals surface area (Å²) in [5.41, 5.74) is 0.632. The highest BCUT2D eigenvalue weighted by atomic mass is 35.5. The van der Waals surface area contributed by atoms with E-state index in [9.17, 15) is 5.11 Å². The molecular weight excluding hydrogens is 207 g/mol. The SMILES string of the molecule is C/C=C/C(O)c1cccc(Cl)c1Cl. The van der Waals surface area contributed by atoms with Crippen molar-refractivity contribution in [3.63, 3.8) is 0 Å². The lowest BCUT2D eigenvalue weighted by atomic mass is 10.1. The number of aliphatic hydroxyl groups is 1. The van der Waals surface area contributed by atoms with Crippen LogP contribution in [0.1, 0.15) is 18.6 Å². The van der Waals surface area contributed by atoms with Gasteiger partial charge in [-0.05, 0) is 13.0 Å². The zero-order valence-corrected chi connectivity index (χ0v) is 8.68. The van der Waals surface area contributed by atoms with Gasteiger partial charge in [0, 0.05) is 5.56 Å². The van der Waals surface area contributed by atoms with E-state index < -0.39 is 6.10 Å². The van der Waals surface area contributed by atoms with Gasteiger partial charge < -0.3 is 5.11 Å². The van der Waals surface area contributed by atoms with E-state index in [2.05, 4.69) is 0 Å². The van der Waals surface area contributed by atoms with Gasteiger partial charge in [0.05, 0.1) is 16.1 Å². The van der Waals surface area contributed by atoms with Gasteiger partial charge in [0.25, 0.3) is 0 Å². The highest BCUT2D eigenvalue weighted by molar-refractivity contribution is 6.42. The third-order valence-corrected chi connectivity index (χ3v) is 2.51. The van der Waals surface area contributed by atoms with Crippen molar-refractivity contribution < 1.29 is 5.11 Å². The molecule has 1 rings (SSSR count). The van der Waals surface area contributed by atoms with Crippen LogP contribution >= 0.6 is 23.2 Å². The number of hydrogen-bond acceptors (Lipinski definition) is 1. The number of benzene rings is 1. The quantitative estimate of drug-likeness (QED) is 0.750. The average molecular weight is 217 g/mol. The molecule has 13 heavy (non-hydrogen) atoms. The second-order valence-corrected chi connectivity index (χ2v) is 3.40. The number of halogens is 2. The zero-order chi connectivity index (χ0) is 9.84. The molecular formula is C10H10Cl2O. The molecule has 0 bridgehead atoms. The van der Waals surface area contributed by atoms with Crippen LogP contribution in [0, 0.1) is 0 Å². The van der Waals surface area contributed by atoms with Crippen molar-refractivity contribution in [2.75, 3.05) is 0 Å². The highest BCUT2D eigenvalue weighted by Crippen LogP contribution is 2.30. The maximum atomic E-state index is 9.60. The minimum Gasteiger partial charge on any atom is -0.384 e. The van der Waals surface area contributed by atoms with E-state index in [0.29, 0.717) is 15.6 Å². The summed E-state index contributed by atoms with van der Waals surface area (Å²) in [6.45, 7) is 1.83. The van der Waals surface area contributed by atoms with Gasteiger partial charge in [0.2, 0.25) is 0 Å². The molecule has 0 saturated heterocycles. The summed E-state index contributed by atoms with van der Waals surface area (Å²) in [5, 5.41) is 10.5. The lowest BCUT2D eigenvalue weighted by Crippen LogP contribution is -1.93. The summed E-state index contributed by atoms with van der Waals surface area (Å²) in [5.74, 6) is 0. The third-order valence-electron chi connectivity index (χ3n) is 1.67. The first-order valence-corrected chi connectivity index (χ1v) is 4.67. The molecule has 1 nitrogen and oxygen atoms in total. The lowest BCUT2D eigenvalue weighted by molar-refractivity contribution is 0.228. The molecule has 3 heteroatoms. The summed E-state index contributed by atoms with van der Waals surface area (Å²) in [7, 11) is 0. The predicted molar refractivity (Wildman–Crippen MR) is 56.2 cm³/mol. The molecule has 1 atom stereocenters. The minimum atomic E-state index is -0.684. The predicted octanol–water partition coefficient (Wildman–Crippen LogP) is 3.60. The Morgan fingerprint density at radius 1 is 1.38 bits per heavy atom. The van der Waals surface area contributed by atoms with Gasteiger partial charge in [-0.3, -0.25) is 0 Å². The molecule has 1 N–H and O–H groups in total. The maximum absolute atomic E-state index is 9.60. The molecule has 0 aliphatic carbocycles. The monoisotopic (exact) mass is 216 g/mol. The van der Waals surface area contributed by atoms with Crippen molar-refractivity contribution in [3.05, 3.63) is 46.0 Å². The van der Waals surface area contributed by atoms with Crippen LogP contribution in [0.3, 0.4) is 0 Å². The van der Waals surface area contributed by atoms with Crippen LogP contribution in [0.4, 0.5) is 0 Å². The van der Waals surface area contributed by atoms with Crippen LogP contribution in [0.25, 0.3) is 0 Å². The Morgan fingerprint density at radius 3 is 2.69 bits per heavy atom. The molecule has 0 aliphatic heterocycles. The van der Waals surface area contributed by atoms with Gasteiger partial charge in [-0.1, -0.05) is 47.5 Å². The minimum absolute atomic E-state index is 0.412. The Kier molecular flexibility index (Phi) is 3.79. The smallest absolute Gasteiger partial charge is 0.0986 e. The summed E-state index contributed by atoms with van der Waals surface area (Å²) >= 11 is 11.7. The Bertz CT molecular complexity index is 321. The van der Waals surface area contributed by atoms with Gasteiger partial charge in [-0.15, -0.1) is 0 Å². The largest absolute Gasteiger partial charge is 0.384 e. The van der Waals surface area contributed by atoms with Gasteiger partial charge in [-0.2, -0.15) is 0 Å². The summed E-state index contributed by atoms with van der Waals surface area (Å²) in [6, 6.07) is 5.20. The second kappa shape index (κ2) is 4.66. The molecule has 70 valence electrons. The summed E-state index contributed by atoms with van der Waals surface area (Å²) in [6.07, 6.45) is 2.73. The van der Waals surface area contributed by atoms with Gasteiger partial charge >= 0.3 is 0 Å². The van der Waals surface area contributed by atoms with Crippen molar-refractivity contribution in [3.8, 4) is 0 Å². The van der Waals surface area contributed by atoms with Crippen molar-refractivity contribution in [1.82, 2.24) is 0 Å². The number of rotatable bonds is 2. The molecule has 1 aromatic rings. The van der Waals surface area contributed by atoms with Gasteiger partial charge in [0.15, 0.2) is 0 Å². The van der Waals surface area contributed by atoms with Crippen LogP contribution in [0.15, 0.2) is 30.4 Å². The number of hydrogen-bond donors (Lipinski definition) is 1. The van der Waals surface area contributed by atoms with E-state index in [4.69, 9.17) is 23.2 Å². The topological polar surface area (TPSA) is 20.2 Å². The third kappa shape index (κ3) is 2.47. The second-order valence-electron chi connectivity index (χ2n) is 2.61. The molecule has 0 aromatic heterocycles. The highest BCUT2D eigenvalue weighted by Gasteiger charge is 2.09. The molecule has 1 aromatic carbocycles. The summed E-state index contributed by atoms with van der Waals surface area (Å²) < 4.78 is 0. The van der Waals surface area contributed by atoms with Crippen LogP contribution in [-0.4, -0.2) is 5.11 Å². The van der Waals surface area contributed by atoms with Gasteiger partial charge in [-0.25, -0.2) is 0 Å².